The van der Waals surface area contributed by atoms with E-state index in [4.69, 9.17) is 11.9 Å². The molecule has 0 radical (unpaired) electrons. The fourth-order valence-corrected chi connectivity index (χ4v) is 13.2. The van der Waals surface area contributed by atoms with Crippen molar-refractivity contribution in [2.75, 3.05) is 9.80 Å². The molecule has 13 rings (SSSR count). The molecule has 5 heterocycles. The van der Waals surface area contributed by atoms with Gasteiger partial charge in [-0.05, 0) is 131 Å². The number of para-hydroxylation sites is 2. The molecule has 0 bridgehead atoms. The Balaban J connectivity index is 1.31. The van der Waals surface area contributed by atoms with E-state index in [2.05, 4.69) is 27.7 Å². The van der Waals surface area contributed by atoms with E-state index in [9.17, 15) is 16.4 Å². The molecule has 0 saturated carbocycles. The van der Waals surface area contributed by atoms with Crippen molar-refractivity contribution in [3.05, 3.63) is 179 Å². The van der Waals surface area contributed by atoms with Crippen molar-refractivity contribution >= 4 is 78.1 Å². The first kappa shape index (κ1) is 32.4. The first-order chi connectivity index (χ1) is 40.1. The van der Waals surface area contributed by atoms with Crippen LogP contribution in [0.2, 0.25) is 0 Å². The fourth-order valence-electron chi connectivity index (χ4n) is 11.6. The van der Waals surface area contributed by atoms with Crippen molar-refractivity contribution in [3.8, 4) is 28.5 Å². The van der Waals surface area contributed by atoms with Crippen molar-refractivity contribution < 1.29 is 28.3 Å². The van der Waals surface area contributed by atoms with Crippen LogP contribution in [0, 0.1) is 0 Å². The van der Waals surface area contributed by atoms with E-state index in [1.165, 1.54) is 11.3 Å². The van der Waals surface area contributed by atoms with Gasteiger partial charge in [-0.25, -0.2) is 0 Å². The average Bonchev–Trinajstić information content (AvgIpc) is 1.43. The third kappa shape index (κ3) is 6.44. The zero-order valence-electron chi connectivity index (χ0n) is 56.8. The molecule has 5 nitrogen and oxygen atoms in total. The second-order valence-electron chi connectivity index (χ2n) is 23.7. The van der Waals surface area contributed by atoms with E-state index < -0.39 is 58.0 Å². The van der Waals surface area contributed by atoms with E-state index in [1.54, 1.807) is 9.80 Å². The van der Waals surface area contributed by atoms with Gasteiger partial charge in [0.2, 0.25) is 0 Å². The molecule has 0 N–H and O–H groups in total. The molecule has 360 valence electrons. The summed E-state index contributed by atoms with van der Waals surface area (Å²) in [7, 11) is 0. The van der Waals surface area contributed by atoms with Crippen LogP contribution in [-0.4, -0.2) is 11.3 Å². The molecular weight excluding hydrogens is 898 g/mol. The van der Waals surface area contributed by atoms with Crippen molar-refractivity contribution in [1.29, 1.82) is 0 Å². The van der Waals surface area contributed by atoms with Crippen LogP contribution in [0.4, 0.5) is 34.1 Å². The molecule has 72 heavy (non-hydrogen) atoms. The Labute approximate surface area is 449 Å². The lowest BCUT2D eigenvalue weighted by Gasteiger charge is -2.41. The predicted octanol–water partition coefficient (Wildman–Crippen LogP) is 16.4. The number of ether oxygens (including phenoxy) is 1. The summed E-state index contributed by atoms with van der Waals surface area (Å²) in [6.45, 7) is 22.1. The monoisotopic (exact) mass is 976 g/mol. The van der Waals surface area contributed by atoms with Crippen LogP contribution in [0.3, 0.4) is 0 Å². The molecule has 2 aliphatic heterocycles. The van der Waals surface area contributed by atoms with Crippen LogP contribution in [0.1, 0.15) is 149 Å². The molecule has 2 aliphatic carbocycles. The maximum atomic E-state index is 11.1. The van der Waals surface area contributed by atoms with E-state index >= 15 is 0 Å². The molecule has 0 spiro atoms. The van der Waals surface area contributed by atoms with Gasteiger partial charge in [-0.2, -0.15) is 0 Å². The third-order valence-electron chi connectivity index (χ3n) is 15.4. The highest BCUT2D eigenvalue weighted by molar-refractivity contribution is 7.34. The van der Waals surface area contributed by atoms with Gasteiger partial charge in [0.1, 0.15) is 11.5 Å². The van der Waals surface area contributed by atoms with Crippen LogP contribution in [0.15, 0.2) is 150 Å². The van der Waals surface area contributed by atoms with Crippen molar-refractivity contribution in [2.45, 2.75) is 123 Å². The molecule has 3 aromatic heterocycles. The van der Waals surface area contributed by atoms with Crippen LogP contribution in [0.5, 0.6) is 11.7 Å². The van der Waals surface area contributed by atoms with Gasteiger partial charge < -0.3 is 23.5 Å². The van der Waals surface area contributed by atoms with Gasteiger partial charge in [-0.1, -0.05) is 154 Å². The van der Waals surface area contributed by atoms with Gasteiger partial charge in [0.05, 0.1) is 40.8 Å². The Kier molecular flexibility index (Phi) is 6.83. The highest BCUT2D eigenvalue weighted by Crippen LogP contribution is 2.58. The Morgan fingerprint density at radius 3 is 1.86 bits per heavy atom. The number of hydrogen-bond donors (Lipinski definition) is 0. The highest BCUT2D eigenvalue weighted by Gasteiger charge is 2.54. The van der Waals surface area contributed by atoms with Gasteiger partial charge in [-0.3, -0.25) is 0 Å². The smallest absolute Gasteiger partial charge is 0.285 e. The van der Waals surface area contributed by atoms with Crippen LogP contribution < -0.4 is 30.2 Å². The van der Waals surface area contributed by atoms with Gasteiger partial charge in [0.25, 0.3) is 12.7 Å². The van der Waals surface area contributed by atoms with E-state index in [0.29, 0.717) is 61.6 Å². The van der Waals surface area contributed by atoms with E-state index in [0.717, 1.165) is 11.3 Å². The first-order valence-corrected chi connectivity index (χ1v) is 25.7. The Morgan fingerprint density at radius 1 is 0.667 bits per heavy atom. The average molecular weight is 976 g/mol. The Hall–Kier alpha value is -6.70. The summed E-state index contributed by atoms with van der Waals surface area (Å²) >= 11 is 1.37. The molecule has 4 aliphatic rings. The maximum Gasteiger partial charge on any atom is 0.285 e. The minimum absolute atomic E-state index is 0.0179. The quantitative estimate of drug-likeness (QED) is 0.161. The lowest BCUT2D eigenvalue weighted by Crippen LogP contribution is -2.58. The zero-order chi connectivity index (χ0) is 62.2. The lowest BCUT2D eigenvalue weighted by atomic mass is 9.36. The Morgan fingerprint density at radius 2 is 1.25 bits per heavy atom. The minimum Gasteiger partial charge on any atom is -0.429 e. The maximum absolute atomic E-state index is 11.1. The SMILES string of the molecule is [2H]c1c([2H])c([2H])c2c(c1[2H])-c1c(oc3c1B1c4sc5c6c(n(-c7c([2H])c([2H])c(C(C)(C)C)c([2H])c7[2H])c5c4N(c4c([2H])c([2H])c(C(C)(C)C)c([2H])c4[2H])c4c([2H])c(N(c5ccccc5)c5ccccc5)c([2H])c(c41)O3)C(C)(C)CCC6(C)C)C2(C)C. The number of fused-ring (bicyclic) bond motifs is 12. The number of nitrogens with zero attached hydrogens (tertiary/aromatic N) is 3. The van der Waals surface area contributed by atoms with E-state index in [1.807, 2.05) is 121 Å². The number of benzene rings is 6. The van der Waals surface area contributed by atoms with Crippen LogP contribution >= 0.6 is 11.3 Å². The molecule has 7 heteroatoms. The standard InChI is InChI=1S/C65H64BN3O2S/c1-61(2,3)39-27-31-43(32-28-39)68-48-37-45(67(41-21-15-13-16-22-41)42-23-17-14-18-24-42)38-49-52(48)66(53-50-46-25-19-20-26-47(46)65(11,12)58(50)71-60(53)70-49)59-55(68)54-56(72-59)51-57(64(9,10)36-35-63(51,7)8)69(54)44-33-29-40(30-34-44)62(4,5)6/h13-34,37-38H,35-36H2,1-12H3/i19D,20D,25D,26D,27D,28D,29D,30D,31D,32D,33D,34D,37D,38D. The fraction of sp³-hybridized carbons (Fsp3) is 0.292. The Bertz CT molecular complexity index is 4420. The van der Waals surface area contributed by atoms with Crippen molar-refractivity contribution in [3.63, 3.8) is 0 Å². The summed E-state index contributed by atoms with van der Waals surface area (Å²) in [5.74, 6) is 0.203. The number of aromatic nitrogens is 1. The summed E-state index contributed by atoms with van der Waals surface area (Å²) in [5, 5.41) is 0. The topological polar surface area (TPSA) is 33.8 Å². The second-order valence-corrected chi connectivity index (χ2v) is 24.8. The summed E-state index contributed by atoms with van der Waals surface area (Å²) in [5.41, 5.74) is 0.805. The molecule has 9 aromatic rings. The lowest BCUT2D eigenvalue weighted by molar-refractivity contribution is 0.317. The van der Waals surface area contributed by atoms with Gasteiger partial charge in [0.15, 0.2) is 0 Å². The number of hydrogen-bond acceptors (Lipinski definition) is 5. The predicted molar refractivity (Wildman–Crippen MR) is 304 cm³/mol. The van der Waals surface area contributed by atoms with Gasteiger partial charge in [-0.15, -0.1) is 11.3 Å². The molecular formula is C65H64BN3O2S. The molecule has 6 aromatic carbocycles. The van der Waals surface area contributed by atoms with Gasteiger partial charge in [0, 0.05) is 66.8 Å². The largest absolute Gasteiger partial charge is 0.429 e. The number of thiophene rings is 1. The first-order valence-electron chi connectivity index (χ1n) is 31.9. The summed E-state index contributed by atoms with van der Waals surface area (Å²) in [6, 6.07) is 14.1. The van der Waals surface area contributed by atoms with Crippen molar-refractivity contribution in [1.82, 2.24) is 4.57 Å². The summed E-state index contributed by atoms with van der Waals surface area (Å²) < 4.78 is 156. The van der Waals surface area contributed by atoms with Crippen LogP contribution in [0.25, 0.3) is 27.0 Å². The molecule has 0 fully saturated rings. The van der Waals surface area contributed by atoms with Crippen molar-refractivity contribution in [2.24, 2.45) is 0 Å². The van der Waals surface area contributed by atoms with E-state index in [-0.39, 0.29) is 123 Å². The van der Waals surface area contributed by atoms with Crippen LogP contribution in [-0.2, 0) is 27.1 Å². The second kappa shape index (κ2) is 15.2. The zero-order valence-corrected chi connectivity index (χ0v) is 43.6. The number of furan rings is 1. The third-order valence-corrected chi connectivity index (χ3v) is 16.7. The summed E-state index contributed by atoms with van der Waals surface area (Å²) in [6.07, 6.45) is 1.35. The highest BCUT2D eigenvalue weighted by atomic mass is 32.1. The molecule has 0 amide bonds. The molecule has 0 atom stereocenters. The number of anilines is 6. The minimum atomic E-state index is -1.18. The molecule has 0 unspecified atom stereocenters. The normalized spacial score (nSPS) is 19.3. The summed E-state index contributed by atoms with van der Waals surface area (Å²) in [4.78, 5) is 3.38. The van der Waals surface area contributed by atoms with Gasteiger partial charge >= 0.3 is 0 Å². The molecule has 0 saturated heterocycles. The number of rotatable bonds is 5.